The third-order valence-electron chi connectivity index (χ3n) is 7.21. The lowest BCUT2D eigenvalue weighted by Gasteiger charge is -2.16. The summed E-state index contributed by atoms with van der Waals surface area (Å²) in [6, 6.07) is 23.1. The van der Waals surface area contributed by atoms with Crippen molar-refractivity contribution < 1.29 is 4.79 Å². The predicted octanol–water partition coefficient (Wildman–Crippen LogP) is 8.66. The van der Waals surface area contributed by atoms with Crippen molar-refractivity contribution in [1.29, 1.82) is 0 Å². The Morgan fingerprint density at radius 1 is 0.878 bits per heavy atom. The van der Waals surface area contributed by atoms with Crippen molar-refractivity contribution in [2.75, 3.05) is 25.5 Å². The monoisotopic (exact) mass is 572 g/mol. The molecule has 0 unspecified atom stereocenters. The van der Waals surface area contributed by atoms with Crippen molar-refractivity contribution in [3.63, 3.8) is 0 Å². The molecule has 1 heterocycles. The zero-order valence-corrected chi connectivity index (χ0v) is 26.0. The maximum absolute atomic E-state index is 12.8. The maximum Gasteiger partial charge on any atom is 0.193 e. The van der Waals surface area contributed by atoms with Crippen molar-refractivity contribution in [2.24, 2.45) is 5.92 Å². The second-order valence-corrected chi connectivity index (χ2v) is 10.9. The Morgan fingerprint density at radius 3 is 2.20 bits per heavy atom. The second kappa shape index (κ2) is 16.9. The number of aromatic nitrogens is 2. The Morgan fingerprint density at radius 2 is 1.51 bits per heavy atom. The average Bonchev–Trinajstić information content (AvgIpc) is 3.27. The fourth-order valence-corrected chi connectivity index (χ4v) is 5.27. The van der Waals surface area contributed by atoms with Crippen LogP contribution in [0.15, 0.2) is 72.8 Å². The van der Waals surface area contributed by atoms with Crippen LogP contribution in [0.2, 0.25) is 5.02 Å². The number of aryl methyl sites for hydroxylation is 1. The summed E-state index contributed by atoms with van der Waals surface area (Å²) in [6.07, 6.45) is 8.15. The number of anilines is 1. The molecule has 1 fully saturated rings. The summed E-state index contributed by atoms with van der Waals surface area (Å²) in [5.74, 6) is 2.63. The third-order valence-corrected chi connectivity index (χ3v) is 7.46. The Hall–Kier alpha value is -3.28. The van der Waals surface area contributed by atoms with Gasteiger partial charge in [0.05, 0.1) is 5.52 Å². The molecule has 0 amide bonds. The number of hydrogen-bond acceptors (Lipinski definition) is 5. The number of benzene rings is 3. The van der Waals surface area contributed by atoms with Crippen molar-refractivity contribution in [2.45, 2.75) is 65.8 Å². The predicted molar refractivity (Wildman–Crippen MR) is 174 cm³/mol. The summed E-state index contributed by atoms with van der Waals surface area (Å²) < 4.78 is 0. The number of ketones is 1. The first-order chi connectivity index (χ1) is 19.9. The van der Waals surface area contributed by atoms with Gasteiger partial charge >= 0.3 is 0 Å². The van der Waals surface area contributed by atoms with Gasteiger partial charge in [-0.25, -0.2) is 9.97 Å². The number of fused-ring (bicyclic) bond motifs is 1. The van der Waals surface area contributed by atoms with E-state index in [4.69, 9.17) is 11.6 Å². The molecule has 0 spiro atoms. The average molecular weight is 573 g/mol. The van der Waals surface area contributed by atoms with Crippen LogP contribution in [-0.4, -0.2) is 36.4 Å². The van der Waals surface area contributed by atoms with Gasteiger partial charge in [-0.2, -0.15) is 0 Å². The van der Waals surface area contributed by atoms with E-state index in [2.05, 4.69) is 15.3 Å². The van der Waals surface area contributed by atoms with Gasteiger partial charge in [-0.3, -0.25) is 4.79 Å². The highest BCUT2D eigenvalue weighted by Crippen LogP contribution is 2.23. The van der Waals surface area contributed by atoms with Gasteiger partial charge in [0.25, 0.3) is 0 Å². The molecule has 41 heavy (non-hydrogen) atoms. The van der Waals surface area contributed by atoms with Crippen LogP contribution in [0, 0.1) is 12.8 Å². The lowest BCUT2D eigenvalue weighted by Crippen LogP contribution is -2.23. The van der Waals surface area contributed by atoms with E-state index in [0.717, 1.165) is 52.7 Å². The number of carbonyl (C=O) groups is 1. The van der Waals surface area contributed by atoms with E-state index in [0.29, 0.717) is 10.6 Å². The lowest BCUT2D eigenvalue weighted by atomic mass is 9.97. The highest BCUT2D eigenvalue weighted by atomic mass is 35.5. The van der Waals surface area contributed by atoms with E-state index < -0.39 is 0 Å². The largest absolute Gasteiger partial charge is 0.362 e. The van der Waals surface area contributed by atoms with Crippen LogP contribution < -0.4 is 10.2 Å². The molecule has 6 heteroatoms. The van der Waals surface area contributed by atoms with E-state index in [1.807, 2.05) is 88.3 Å². The molecule has 1 N–H and O–H groups in total. The zero-order valence-electron chi connectivity index (χ0n) is 25.3. The molecule has 0 aliphatic heterocycles. The smallest absolute Gasteiger partial charge is 0.193 e. The summed E-state index contributed by atoms with van der Waals surface area (Å²) in [6.45, 7) is 7.70. The van der Waals surface area contributed by atoms with E-state index >= 15 is 0 Å². The highest BCUT2D eigenvalue weighted by Gasteiger charge is 2.15. The number of hydrogen-bond donors (Lipinski definition) is 1. The molecule has 0 bridgehead atoms. The summed E-state index contributed by atoms with van der Waals surface area (Å²) in [5.41, 5.74) is 3.53. The minimum absolute atomic E-state index is 0.0588. The molecule has 0 radical (unpaired) electrons. The molecular weight excluding hydrogens is 528 g/mol. The fraction of sp³-hybridized carbons (Fsp3) is 0.400. The van der Waals surface area contributed by atoms with Gasteiger partial charge < -0.3 is 10.2 Å². The topological polar surface area (TPSA) is 58.1 Å². The minimum Gasteiger partial charge on any atom is -0.362 e. The van der Waals surface area contributed by atoms with E-state index in [9.17, 15) is 4.79 Å². The van der Waals surface area contributed by atoms with Crippen molar-refractivity contribution >= 4 is 34.1 Å². The SMILES string of the molecule is CC.Cc1nc(N(C)C)c2ccccc2n1.O=C(c1ccc(Cl)cc1)c1ccccc1CNCC1CCCCCC1. The molecular formula is C35H45ClN4O. The Balaban J connectivity index is 0.000000244. The molecule has 1 aliphatic rings. The standard InChI is InChI=1S/C22H26ClNO.C11H13N3.C2H6/c23-20-13-11-18(12-14-20)22(25)21-10-6-5-9-19(21)16-24-15-17-7-3-1-2-4-8-17;1-8-12-10-7-5-4-6-9(10)11(13-8)14(2)3;1-2/h5-6,9-14,17,24H,1-4,7-8,15-16H2;4-7H,1-3H3;1-2H3. The Labute approximate surface area is 251 Å². The van der Waals surface area contributed by atoms with E-state index in [-0.39, 0.29) is 5.78 Å². The van der Waals surface area contributed by atoms with Crippen LogP contribution in [0.1, 0.15) is 79.7 Å². The van der Waals surface area contributed by atoms with Crippen molar-refractivity contribution in [3.8, 4) is 0 Å². The molecule has 1 aromatic heterocycles. The fourth-order valence-electron chi connectivity index (χ4n) is 5.15. The van der Waals surface area contributed by atoms with Gasteiger partial charge in [0.1, 0.15) is 11.6 Å². The van der Waals surface area contributed by atoms with Crippen molar-refractivity contribution in [3.05, 3.63) is 100 Å². The van der Waals surface area contributed by atoms with Gasteiger partial charge in [-0.1, -0.05) is 87.5 Å². The first-order valence-electron chi connectivity index (χ1n) is 14.9. The molecule has 0 atom stereocenters. The van der Waals surface area contributed by atoms with Crippen LogP contribution in [0.5, 0.6) is 0 Å². The van der Waals surface area contributed by atoms with Gasteiger partial charge in [-0.15, -0.1) is 0 Å². The van der Waals surface area contributed by atoms with Crippen LogP contribution in [0.4, 0.5) is 5.82 Å². The summed E-state index contributed by atoms with van der Waals surface area (Å²) in [7, 11) is 3.99. The Bertz CT molecular complexity index is 1360. The Kier molecular flexibility index (Phi) is 13.3. The number of nitrogens with one attached hydrogen (secondary N) is 1. The van der Waals surface area contributed by atoms with E-state index in [1.165, 1.54) is 38.5 Å². The van der Waals surface area contributed by atoms with Crippen LogP contribution >= 0.6 is 11.6 Å². The third kappa shape index (κ3) is 9.65. The van der Waals surface area contributed by atoms with Gasteiger partial charge in [-0.05, 0) is 74.2 Å². The van der Waals surface area contributed by atoms with Gasteiger partial charge in [0.15, 0.2) is 5.78 Å². The molecule has 218 valence electrons. The summed E-state index contributed by atoms with van der Waals surface area (Å²) in [4.78, 5) is 23.6. The first kappa shape index (κ1) is 32.2. The number of para-hydroxylation sites is 1. The molecule has 5 nitrogen and oxygen atoms in total. The molecule has 1 saturated carbocycles. The molecule has 5 rings (SSSR count). The summed E-state index contributed by atoms with van der Waals surface area (Å²) in [5, 5.41) is 5.33. The molecule has 0 saturated heterocycles. The number of nitrogens with zero attached hydrogens (tertiary/aromatic N) is 3. The molecule has 1 aliphatic carbocycles. The highest BCUT2D eigenvalue weighted by molar-refractivity contribution is 6.30. The first-order valence-corrected chi connectivity index (χ1v) is 15.3. The van der Waals surface area contributed by atoms with Gasteiger partial charge in [0, 0.05) is 42.2 Å². The number of halogens is 1. The zero-order chi connectivity index (χ0) is 29.6. The van der Waals surface area contributed by atoms with Crippen LogP contribution in [-0.2, 0) is 6.54 Å². The normalized spacial score (nSPS) is 13.3. The minimum atomic E-state index is 0.0588. The van der Waals surface area contributed by atoms with Gasteiger partial charge in [0.2, 0.25) is 0 Å². The number of carbonyl (C=O) groups excluding carboxylic acids is 1. The maximum atomic E-state index is 12.8. The summed E-state index contributed by atoms with van der Waals surface area (Å²) >= 11 is 5.93. The number of rotatable bonds is 7. The van der Waals surface area contributed by atoms with E-state index in [1.54, 1.807) is 24.3 Å². The quantitative estimate of drug-likeness (QED) is 0.177. The lowest BCUT2D eigenvalue weighted by molar-refractivity contribution is 0.103. The van der Waals surface area contributed by atoms with Crippen LogP contribution in [0.3, 0.4) is 0 Å². The second-order valence-electron chi connectivity index (χ2n) is 10.5. The van der Waals surface area contributed by atoms with Crippen molar-refractivity contribution in [1.82, 2.24) is 15.3 Å². The molecule has 4 aromatic rings. The van der Waals surface area contributed by atoms with Crippen LogP contribution in [0.25, 0.3) is 10.9 Å². The molecule has 3 aromatic carbocycles.